The zero-order valence-electron chi connectivity index (χ0n) is 10.7. The molecule has 0 amide bonds. The number of hydrogen-bond acceptors (Lipinski definition) is 1. The molecule has 1 heterocycles. The van der Waals surface area contributed by atoms with E-state index in [1.165, 1.54) is 64.5 Å². The lowest BCUT2D eigenvalue weighted by atomic mass is 9.88. The monoisotopic (exact) mass is 211 g/mol. The summed E-state index contributed by atoms with van der Waals surface area (Å²) in [5.41, 5.74) is 0. The van der Waals surface area contributed by atoms with Gasteiger partial charge in [0.05, 0.1) is 0 Å². The molecule has 0 saturated carbocycles. The van der Waals surface area contributed by atoms with E-state index in [0.717, 1.165) is 11.8 Å². The van der Waals surface area contributed by atoms with Crippen molar-refractivity contribution in [1.29, 1.82) is 0 Å². The van der Waals surface area contributed by atoms with Gasteiger partial charge in [-0.3, -0.25) is 0 Å². The molecule has 1 aliphatic heterocycles. The number of hydrogen-bond donors (Lipinski definition) is 1. The first-order valence-electron chi connectivity index (χ1n) is 7.07. The van der Waals surface area contributed by atoms with Crippen molar-refractivity contribution < 1.29 is 0 Å². The molecule has 2 unspecified atom stereocenters. The summed E-state index contributed by atoms with van der Waals surface area (Å²) in [4.78, 5) is 0. The van der Waals surface area contributed by atoms with Gasteiger partial charge in [0.25, 0.3) is 0 Å². The lowest BCUT2D eigenvalue weighted by molar-refractivity contribution is 0.348. The Kier molecular flexibility index (Phi) is 7.08. The molecule has 0 bridgehead atoms. The molecule has 1 fully saturated rings. The van der Waals surface area contributed by atoms with E-state index in [0.29, 0.717) is 0 Å². The van der Waals surface area contributed by atoms with Crippen LogP contribution in [0, 0.1) is 11.8 Å². The molecular formula is C14H29N. The van der Waals surface area contributed by atoms with Gasteiger partial charge in [-0.25, -0.2) is 0 Å². The second-order valence-corrected chi connectivity index (χ2v) is 5.22. The first-order valence-corrected chi connectivity index (χ1v) is 7.07. The molecular weight excluding hydrogens is 182 g/mol. The molecule has 1 aliphatic rings. The first kappa shape index (κ1) is 13.0. The minimum atomic E-state index is 0.987. The summed E-state index contributed by atoms with van der Waals surface area (Å²) in [5.74, 6) is 1.99. The maximum absolute atomic E-state index is 3.48. The van der Waals surface area contributed by atoms with Crippen LogP contribution >= 0.6 is 0 Å². The number of unbranched alkanes of at least 4 members (excludes halogenated alkanes) is 3. The Labute approximate surface area is 96.0 Å². The van der Waals surface area contributed by atoms with Gasteiger partial charge < -0.3 is 5.32 Å². The standard InChI is InChI=1S/C14H29N/c1-3-5-6-7-8-13(4-2)11-14-9-10-15-12-14/h13-15H,3-12H2,1-2H3. The van der Waals surface area contributed by atoms with E-state index in [1.807, 2.05) is 0 Å². The summed E-state index contributed by atoms with van der Waals surface area (Å²) in [6.45, 7) is 7.21. The number of nitrogens with one attached hydrogen (secondary N) is 1. The Balaban J connectivity index is 2.06. The van der Waals surface area contributed by atoms with Crippen LogP contribution in [0.4, 0.5) is 0 Å². The molecule has 0 aromatic heterocycles. The van der Waals surface area contributed by atoms with Crippen molar-refractivity contribution in [3.05, 3.63) is 0 Å². The van der Waals surface area contributed by atoms with Crippen molar-refractivity contribution in [1.82, 2.24) is 5.32 Å². The summed E-state index contributed by atoms with van der Waals surface area (Å²) in [6.07, 6.45) is 11.5. The minimum absolute atomic E-state index is 0.987. The molecule has 90 valence electrons. The highest BCUT2D eigenvalue weighted by atomic mass is 14.9. The maximum Gasteiger partial charge on any atom is -0.00199 e. The molecule has 0 radical (unpaired) electrons. The topological polar surface area (TPSA) is 12.0 Å². The van der Waals surface area contributed by atoms with Crippen molar-refractivity contribution in [3.63, 3.8) is 0 Å². The van der Waals surface area contributed by atoms with Crippen molar-refractivity contribution >= 4 is 0 Å². The SMILES string of the molecule is CCCCCCC(CC)CC1CCNC1. The summed E-state index contributed by atoms with van der Waals surface area (Å²) in [5, 5.41) is 3.48. The lowest BCUT2D eigenvalue weighted by Crippen LogP contribution is -2.12. The molecule has 15 heavy (non-hydrogen) atoms. The van der Waals surface area contributed by atoms with Gasteiger partial charge in [0, 0.05) is 0 Å². The normalized spacial score (nSPS) is 23.2. The largest absolute Gasteiger partial charge is 0.316 e. The fraction of sp³-hybridized carbons (Fsp3) is 1.00. The van der Waals surface area contributed by atoms with E-state index in [4.69, 9.17) is 0 Å². The van der Waals surface area contributed by atoms with Crippen LogP contribution in [0.3, 0.4) is 0 Å². The molecule has 1 N–H and O–H groups in total. The Bertz CT molecular complexity index is 138. The average molecular weight is 211 g/mol. The fourth-order valence-electron chi connectivity index (χ4n) is 2.74. The van der Waals surface area contributed by atoms with Crippen LogP contribution < -0.4 is 5.32 Å². The van der Waals surface area contributed by atoms with Crippen LogP contribution in [0.25, 0.3) is 0 Å². The average Bonchev–Trinajstić information content (AvgIpc) is 2.75. The lowest BCUT2D eigenvalue weighted by Gasteiger charge is -2.18. The second-order valence-electron chi connectivity index (χ2n) is 5.22. The third-order valence-electron chi connectivity index (χ3n) is 3.87. The van der Waals surface area contributed by atoms with Crippen LogP contribution in [0.2, 0.25) is 0 Å². The zero-order chi connectivity index (χ0) is 10.9. The molecule has 1 nitrogen and oxygen atoms in total. The van der Waals surface area contributed by atoms with Gasteiger partial charge in [0.15, 0.2) is 0 Å². The van der Waals surface area contributed by atoms with Gasteiger partial charge in [-0.2, -0.15) is 0 Å². The fourth-order valence-corrected chi connectivity index (χ4v) is 2.74. The van der Waals surface area contributed by atoms with E-state index in [-0.39, 0.29) is 0 Å². The number of rotatable bonds is 8. The molecule has 0 aliphatic carbocycles. The van der Waals surface area contributed by atoms with Gasteiger partial charge in [0.2, 0.25) is 0 Å². The molecule has 2 atom stereocenters. The highest BCUT2D eigenvalue weighted by Crippen LogP contribution is 2.25. The zero-order valence-corrected chi connectivity index (χ0v) is 10.7. The van der Waals surface area contributed by atoms with Gasteiger partial charge >= 0.3 is 0 Å². The highest BCUT2D eigenvalue weighted by Gasteiger charge is 2.18. The Morgan fingerprint density at radius 2 is 2.07 bits per heavy atom. The van der Waals surface area contributed by atoms with E-state index in [9.17, 15) is 0 Å². The molecule has 0 aromatic rings. The van der Waals surface area contributed by atoms with Gasteiger partial charge in [-0.15, -0.1) is 0 Å². The van der Waals surface area contributed by atoms with Crippen molar-refractivity contribution in [2.45, 2.75) is 65.2 Å². The van der Waals surface area contributed by atoms with Crippen LogP contribution in [-0.2, 0) is 0 Å². The summed E-state index contributed by atoms with van der Waals surface area (Å²) >= 11 is 0. The molecule has 1 heteroatoms. The van der Waals surface area contributed by atoms with Gasteiger partial charge in [-0.05, 0) is 37.8 Å². The van der Waals surface area contributed by atoms with Crippen molar-refractivity contribution in [2.75, 3.05) is 13.1 Å². The second kappa shape index (κ2) is 8.15. The van der Waals surface area contributed by atoms with E-state index in [2.05, 4.69) is 19.2 Å². The Hall–Kier alpha value is -0.0400. The van der Waals surface area contributed by atoms with Crippen LogP contribution in [-0.4, -0.2) is 13.1 Å². The predicted octanol–water partition coefficient (Wildman–Crippen LogP) is 3.98. The Morgan fingerprint density at radius 3 is 2.67 bits per heavy atom. The predicted molar refractivity (Wildman–Crippen MR) is 68.1 cm³/mol. The summed E-state index contributed by atoms with van der Waals surface area (Å²) < 4.78 is 0. The quantitative estimate of drug-likeness (QED) is 0.599. The van der Waals surface area contributed by atoms with E-state index >= 15 is 0 Å². The van der Waals surface area contributed by atoms with Gasteiger partial charge in [-0.1, -0.05) is 52.4 Å². The van der Waals surface area contributed by atoms with Crippen molar-refractivity contribution in [3.8, 4) is 0 Å². The van der Waals surface area contributed by atoms with Crippen LogP contribution in [0.1, 0.15) is 65.2 Å². The van der Waals surface area contributed by atoms with Gasteiger partial charge in [0.1, 0.15) is 0 Å². The molecule has 1 saturated heterocycles. The summed E-state index contributed by atoms with van der Waals surface area (Å²) in [7, 11) is 0. The molecule has 1 rings (SSSR count). The van der Waals surface area contributed by atoms with E-state index < -0.39 is 0 Å². The van der Waals surface area contributed by atoms with Crippen LogP contribution in [0.5, 0.6) is 0 Å². The molecule has 0 aromatic carbocycles. The third kappa shape index (κ3) is 5.55. The highest BCUT2D eigenvalue weighted by molar-refractivity contribution is 4.74. The minimum Gasteiger partial charge on any atom is -0.316 e. The van der Waals surface area contributed by atoms with Crippen molar-refractivity contribution in [2.24, 2.45) is 11.8 Å². The summed E-state index contributed by atoms with van der Waals surface area (Å²) in [6, 6.07) is 0. The smallest absolute Gasteiger partial charge is 0.00199 e. The van der Waals surface area contributed by atoms with E-state index in [1.54, 1.807) is 0 Å². The maximum atomic E-state index is 3.48. The molecule has 0 spiro atoms. The first-order chi connectivity index (χ1) is 7.36. The Morgan fingerprint density at radius 1 is 1.20 bits per heavy atom. The third-order valence-corrected chi connectivity index (χ3v) is 3.87. The van der Waals surface area contributed by atoms with Crippen LogP contribution in [0.15, 0.2) is 0 Å².